The van der Waals surface area contributed by atoms with Crippen LogP contribution >= 0.6 is 34.7 Å². The predicted octanol–water partition coefficient (Wildman–Crippen LogP) is 4.98. The van der Waals surface area contributed by atoms with Crippen LogP contribution in [0.25, 0.3) is 11.3 Å². The number of amides is 1. The van der Waals surface area contributed by atoms with E-state index < -0.39 is 5.97 Å². The molecule has 0 spiro atoms. The maximum Gasteiger partial charge on any atom is 0.338 e. The van der Waals surface area contributed by atoms with E-state index >= 15 is 0 Å². The fourth-order valence-electron chi connectivity index (χ4n) is 2.29. The summed E-state index contributed by atoms with van der Waals surface area (Å²) in [4.78, 5) is 29.1. The topological polar surface area (TPSA) is 68.3 Å². The molecule has 0 radical (unpaired) electrons. The van der Waals surface area contributed by atoms with Crippen molar-refractivity contribution in [3.05, 3.63) is 64.5 Å². The van der Waals surface area contributed by atoms with Crippen molar-refractivity contribution in [1.82, 2.24) is 4.98 Å². The molecule has 0 bridgehead atoms. The van der Waals surface area contributed by atoms with E-state index in [0.717, 1.165) is 5.56 Å². The molecule has 1 amide bonds. The molecule has 1 heterocycles. The third kappa shape index (κ3) is 4.88. The zero-order valence-electron chi connectivity index (χ0n) is 14.3. The number of nitrogens with zero attached hydrogens (tertiary/aromatic N) is 1. The van der Waals surface area contributed by atoms with Gasteiger partial charge in [-0.25, -0.2) is 9.78 Å². The van der Waals surface area contributed by atoms with E-state index in [-0.39, 0.29) is 11.7 Å². The van der Waals surface area contributed by atoms with Gasteiger partial charge in [0.1, 0.15) is 0 Å². The quantitative estimate of drug-likeness (QED) is 0.451. The van der Waals surface area contributed by atoms with E-state index in [0.29, 0.717) is 26.3 Å². The summed E-state index contributed by atoms with van der Waals surface area (Å²) in [6, 6.07) is 14.4. The van der Waals surface area contributed by atoms with Crippen molar-refractivity contribution in [1.29, 1.82) is 0 Å². The number of aromatic nitrogens is 1. The maximum absolute atomic E-state index is 12.2. The highest BCUT2D eigenvalue weighted by Crippen LogP contribution is 2.30. The van der Waals surface area contributed by atoms with Gasteiger partial charge in [-0.15, -0.1) is 23.1 Å². The van der Waals surface area contributed by atoms with E-state index in [1.807, 2.05) is 29.6 Å². The van der Waals surface area contributed by atoms with Crippen LogP contribution in [0.4, 0.5) is 5.13 Å². The minimum Gasteiger partial charge on any atom is -0.465 e. The lowest BCUT2D eigenvalue weighted by molar-refractivity contribution is -0.113. The van der Waals surface area contributed by atoms with E-state index in [1.165, 1.54) is 30.2 Å². The first-order valence-electron chi connectivity index (χ1n) is 7.89. The molecular formula is C19H15ClN2O3S2. The highest BCUT2D eigenvalue weighted by Gasteiger charge is 2.14. The molecular weight excluding hydrogens is 404 g/mol. The molecule has 0 saturated heterocycles. The number of benzene rings is 2. The van der Waals surface area contributed by atoms with E-state index in [2.05, 4.69) is 10.3 Å². The van der Waals surface area contributed by atoms with Crippen molar-refractivity contribution in [2.24, 2.45) is 0 Å². The predicted molar refractivity (Wildman–Crippen MR) is 110 cm³/mol. The van der Waals surface area contributed by atoms with Crippen LogP contribution in [0.2, 0.25) is 5.02 Å². The number of carbonyl (C=O) groups excluding carboxylic acids is 2. The van der Waals surface area contributed by atoms with Gasteiger partial charge in [0.2, 0.25) is 5.91 Å². The first kappa shape index (κ1) is 19.4. The summed E-state index contributed by atoms with van der Waals surface area (Å²) in [6.07, 6.45) is 0. The molecule has 5 nitrogen and oxygen atoms in total. The Morgan fingerprint density at radius 3 is 2.70 bits per heavy atom. The molecule has 0 unspecified atom stereocenters. The molecule has 8 heteroatoms. The smallest absolute Gasteiger partial charge is 0.338 e. The van der Waals surface area contributed by atoms with Crippen LogP contribution < -0.4 is 5.32 Å². The summed E-state index contributed by atoms with van der Waals surface area (Å²) >= 11 is 8.78. The number of thiazole rings is 1. The lowest BCUT2D eigenvalue weighted by atomic mass is 10.2. The summed E-state index contributed by atoms with van der Waals surface area (Å²) in [5.41, 5.74) is 1.97. The van der Waals surface area contributed by atoms with Crippen molar-refractivity contribution in [3.8, 4) is 11.3 Å². The summed E-state index contributed by atoms with van der Waals surface area (Å²) in [5, 5.41) is 5.72. The Kier molecular flexibility index (Phi) is 6.49. The Hall–Kier alpha value is -2.35. The van der Waals surface area contributed by atoms with Crippen LogP contribution in [0.15, 0.2) is 58.8 Å². The van der Waals surface area contributed by atoms with Crippen LogP contribution in [0.3, 0.4) is 0 Å². The third-order valence-corrected chi connectivity index (χ3v) is 5.71. The summed E-state index contributed by atoms with van der Waals surface area (Å²) in [6.45, 7) is 0. The van der Waals surface area contributed by atoms with Crippen molar-refractivity contribution >= 4 is 51.7 Å². The van der Waals surface area contributed by atoms with Gasteiger partial charge in [0.25, 0.3) is 0 Å². The monoisotopic (exact) mass is 418 g/mol. The van der Waals surface area contributed by atoms with E-state index in [9.17, 15) is 9.59 Å². The number of carbonyl (C=O) groups is 2. The standard InChI is InChI=1S/C19H15ClN2O3S2/c1-25-18(24)13-7-3-5-9-16(13)26-11-17(23)22-19-21-15(10-27-19)12-6-2-4-8-14(12)20/h2-10H,11H2,1H3,(H,21,22,23). The molecule has 138 valence electrons. The Morgan fingerprint density at radius 1 is 1.19 bits per heavy atom. The number of ether oxygens (including phenoxy) is 1. The zero-order chi connectivity index (χ0) is 19.2. The number of hydrogen-bond acceptors (Lipinski definition) is 6. The number of halogens is 1. The molecule has 1 N–H and O–H groups in total. The van der Waals surface area contributed by atoms with Crippen LogP contribution in [-0.2, 0) is 9.53 Å². The number of anilines is 1. The average Bonchev–Trinajstić information content (AvgIpc) is 3.14. The second-order valence-corrected chi connectivity index (χ2v) is 7.62. The van der Waals surface area contributed by atoms with Gasteiger partial charge in [-0.1, -0.05) is 41.9 Å². The Morgan fingerprint density at radius 2 is 1.93 bits per heavy atom. The van der Waals surface area contributed by atoms with Crippen LogP contribution in [0, 0.1) is 0 Å². The molecule has 0 aliphatic rings. The second-order valence-electron chi connectivity index (χ2n) is 5.34. The first-order chi connectivity index (χ1) is 13.1. The van der Waals surface area contributed by atoms with Crippen molar-refractivity contribution in [3.63, 3.8) is 0 Å². The number of nitrogens with one attached hydrogen (secondary N) is 1. The second kappa shape index (κ2) is 9.03. The molecule has 0 aliphatic carbocycles. The number of rotatable bonds is 6. The number of thioether (sulfide) groups is 1. The highest BCUT2D eigenvalue weighted by molar-refractivity contribution is 8.00. The summed E-state index contributed by atoms with van der Waals surface area (Å²) in [5.74, 6) is -0.489. The molecule has 1 aromatic heterocycles. The first-order valence-corrected chi connectivity index (χ1v) is 10.1. The minimum absolute atomic E-state index is 0.148. The third-order valence-electron chi connectivity index (χ3n) is 3.55. The van der Waals surface area contributed by atoms with E-state index in [1.54, 1.807) is 24.3 Å². The van der Waals surface area contributed by atoms with Crippen molar-refractivity contribution in [2.75, 3.05) is 18.2 Å². The molecule has 0 atom stereocenters. The number of methoxy groups -OCH3 is 1. The lowest BCUT2D eigenvalue weighted by Crippen LogP contribution is -2.14. The SMILES string of the molecule is COC(=O)c1ccccc1SCC(=O)Nc1nc(-c2ccccc2Cl)cs1. The summed E-state index contributed by atoms with van der Waals surface area (Å²) in [7, 11) is 1.33. The molecule has 0 aliphatic heterocycles. The van der Waals surface area contributed by atoms with Gasteiger partial charge in [-0.2, -0.15) is 0 Å². The molecule has 3 aromatic rings. The number of hydrogen-bond donors (Lipinski definition) is 1. The molecule has 0 fully saturated rings. The van der Waals surface area contributed by atoms with Gasteiger partial charge in [0, 0.05) is 20.9 Å². The van der Waals surface area contributed by atoms with Crippen LogP contribution in [0.1, 0.15) is 10.4 Å². The lowest BCUT2D eigenvalue weighted by Gasteiger charge is -2.07. The fraction of sp³-hybridized carbons (Fsp3) is 0.105. The Bertz CT molecular complexity index is 975. The van der Waals surface area contributed by atoms with E-state index in [4.69, 9.17) is 16.3 Å². The summed E-state index contributed by atoms with van der Waals surface area (Å²) < 4.78 is 4.76. The molecule has 2 aromatic carbocycles. The normalized spacial score (nSPS) is 10.4. The Labute approximate surface area is 169 Å². The largest absolute Gasteiger partial charge is 0.465 e. The van der Waals surface area contributed by atoms with Gasteiger partial charge < -0.3 is 10.1 Å². The fourth-order valence-corrected chi connectivity index (χ4v) is 4.09. The van der Waals surface area contributed by atoms with Gasteiger partial charge in [-0.3, -0.25) is 4.79 Å². The van der Waals surface area contributed by atoms with Crippen molar-refractivity contribution < 1.29 is 14.3 Å². The van der Waals surface area contributed by atoms with Gasteiger partial charge >= 0.3 is 5.97 Å². The highest BCUT2D eigenvalue weighted by atomic mass is 35.5. The van der Waals surface area contributed by atoms with Gasteiger partial charge in [0.05, 0.1) is 24.1 Å². The average molecular weight is 419 g/mol. The number of esters is 1. The zero-order valence-corrected chi connectivity index (χ0v) is 16.7. The van der Waals surface area contributed by atoms with Crippen LogP contribution in [0.5, 0.6) is 0 Å². The molecule has 3 rings (SSSR count). The minimum atomic E-state index is -0.428. The maximum atomic E-state index is 12.2. The molecule has 27 heavy (non-hydrogen) atoms. The Balaban J connectivity index is 1.63. The van der Waals surface area contributed by atoms with Gasteiger partial charge in [-0.05, 0) is 18.2 Å². The van der Waals surface area contributed by atoms with Crippen molar-refractivity contribution in [2.45, 2.75) is 4.90 Å². The van der Waals surface area contributed by atoms with Gasteiger partial charge in [0.15, 0.2) is 5.13 Å². The molecule has 0 saturated carbocycles. The van der Waals surface area contributed by atoms with Crippen LogP contribution in [-0.4, -0.2) is 29.7 Å².